The zero-order valence-electron chi connectivity index (χ0n) is 20.7. The third-order valence-corrected chi connectivity index (χ3v) is 8.22. The largest absolute Gasteiger partial charge is 0.490 e. The highest BCUT2D eigenvalue weighted by Gasteiger charge is 2.29. The van der Waals surface area contributed by atoms with Crippen LogP contribution in [0.25, 0.3) is 0 Å². The van der Waals surface area contributed by atoms with Crippen LogP contribution in [0.2, 0.25) is 20.1 Å². The minimum Gasteiger partial charge on any atom is -0.490 e. The first-order chi connectivity index (χ1) is 17.9. The number of hydrogen-bond acceptors (Lipinski definition) is 4. The smallest absolute Gasteiger partial charge is 0.226 e. The van der Waals surface area contributed by atoms with Gasteiger partial charge < -0.3 is 14.5 Å². The number of piperidine rings is 2. The Kier molecular flexibility index (Phi) is 10.7. The molecule has 2 aromatic rings. The Labute approximate surface area is 239 Å². The number of allylic oxidation sites excluding steroid dienone is 2. The van der Waals surface area contributed by atoms with E-state index in [4.69, 9.17) is 56.0 Å². The lowest BCUT2D eigenvalue weighted by atomic mass is 10.0. The van der Waals surface area contributed by atoms with E-state index in [2.05, 4.69) is 12.2 Å². The van der Waals surface area contributed by atoms with Gasteiger partial charge in [0.25, 0.3) is 0 Å². The molecule has 5 nitrogen and oxygen atoms in total. The van der Waals surface area contributed by atoms with Gasteiger partial charge >= 0.3 is 0 Å². The van der Waals surface area contributed by atoms with Gasteiger partial charge in [-0.3, -0.25) is 4.79 Å². The molecule has 0 spiro atoms. The molecule has 37 heavy (non-hydrogen) atoms. The van der Waals surface area contributed by atoms with Crippen LogP contribution in [0.15, 0.2) is 48.6 Å². The van der Waals surface area contributed by atoms with E-state index in [1.807, 2.05) is 22.1 Å². The summed E-state index contributed by atoms with van der Waals surface area (Å²) in [5, 5.41) is 4.09. The molecule has 3 aliphatic rings. The van der Waals surface area contributed by atoms with Gasteiger partial charge in [0.15, 0.2) is 0 Å². The first-order valence-electron chi connectivity index (χ1n) is 12.8. The van der Waals surface area contributed by atoms with Gasteiger partial charge in [-0.1, -0.05) is 65.0 Å². The van der Waals surface area contributed by atoms with E-state index in [0.717, 1.165) is 63.4 Å². The summed E-state index contributed by atoms with van der Waals surface area (Å²) in [6.07, 6.45) is 11.5. The van der Waals surface area contributed by atoms with Gasteiger partial charge in [0.1, 0.15) is 17.6 Å². The fourth-order valence-corrected chi connectivity index (χ4v) is 5.23. The number of nitrogens with zero attached hydrogens (tertiary/aromatic N) is 2. The zero-order valence-corrected chi connectivity index (χ0v) is 23.7. The van der Waals surface area contributed by atoms with Crippen molar-refractivity contribution in [2.45, 2.75) is 51.0 Å². The molecule has 1 aliphatic carbocycles. The lowest BCUT2D eigenvalue weighted by molar-refractivity contribution is -0.137. The average Bonchev–Trinajstić information content (AvgIpc) is 3.45. The summed E-state index contributed by atoms with van der Waals surface area (Å²) < 4.78 is 5.95. The molecule has 0 radical (unpaired) electrons. The van der Waals surface area contributed by atoms with E-state index >= 15 is 0 Å². The van der Waals surface area contributed by atoms with Crippen molar-refractivity contribution >= 4 is 52.3 Å². The van der Waals surface area contributed by atoms with Gasteiger partial charge in [-0.15, -0.1) is 5.06 Å². The number of carbonyl (C=O) groups excluding carboxylic acids is 1. The normalized spacial score (nSPS) is 18.9. The first-order valence-corrected chi connectivity index (χ1v) is 14.3. The molecule has 2 aromatic carbocycles. The second-order valence-corrected chi connectivity index (χ2v) is 11.1. The number of amides is 1. The van der Waals surface area contributed by atoms with E-state index in [1.165, 1.54) is 19.3 Å². The topological polar surface area (TPSA) is 42.0 Å². The summed E-state index contributed by atoms with van der Waals surface area (Å²) in [5.41, 5.74) is 0. The first kappa shape index (κ1) is 28.4. The predicted octanol–water partition coefficient (Wildman–Crippen LogP) is 8.10. The molecule has 2 heterocycles. The summed E-state index contributed by atoms with van der Waals surface area (Å²) in [4.78, 5) is 20.0. The Morgan fingerprint density at radius 2 is 1.30 bits per heavy atom. The van der Waals surface area contributed by atoms with Gasteiger partial charge in [-0.25, -0.2) is 0 Å². The van der Waals surface area contributed by atoms with Crippen molar-refractivity contribution in [1.29, 1.82) is 0 Å². The highest BCUT2D eigenvalue weighted by molar-refractivity contribution is 6.42. The number of halogens is 4. The number of hydroxylamine groups is 2. The van der Waals surface area contributed by atoms with Crippen molar-refractivity contribution in [2.75, 3.05) is 26.2 Å². The number of carbonyl (C=O) groups is 1. The second kappa shape index (κ2) is 14.0. The van der Waals surface area contributed by atoms with Crippen LogP contribution in [0.3, 0.4) is 0 Å². The van der Waals surface area contributed by atoms with Crippen LogP contribution in [0.1, 0.15) is 44.9 Å². The van der Waals surface area contributed by atoms with Crippen molar-refractivity contribution < 1.29 is 14.4 Å². The lowest BCUT2D eigenvalue weighted by Crippen LogP contribution is -2.44. The van der Waals surface area contributed by atoms with E-state index < -0.39 is 0 Å². The fourth-order valence-electron chi connectivity index (χ4n) is 4.65. The maximum absolute atomic E-state index is 12.4. The molecule has 0 saturated carbocycles. The molecular formula is C28H32Cl4N2O3. The minimum atomic E-state index is 0.128. The maximum Gasteiger partial charge on any atom is 0.226 e. The van der Waals surface area contributed by atoms with Crippen LogP contribution in [0.4, 0.5) is 0 Å². The molecule has 5 rings (SSSR count). The Hall–Kier alpha value is -1.63. The quantitative estimate of drug-likeness (QED) is 0.332. The highest BCUT2D eigenvalue weighted by Crippen LogP contribution is 2.29. The minimum absolute atomic E-state index is 0.128. The number of hydrogen-bond donors (Lipinski definition) is 0. The van der Waals surface area contributed by atoms with Crippen LogP contribution in [0.5, 0.6) is 11.5 Å². The Bertz CT molecular complexity index is 1080. The van der Waals surface area contributed by atoms with Crippen molar-refractivity contribution in [3.8, 4) is 11.5 Å². The summed E-state index contributed by atoms with van der Waals surface area (Å²) in [7, 11) is 0. The molecule has 200 valence electrons. The predicted molar refractivity (Wildman–Crippen MR) is 151 cm³/mol. The van der Waals surface area contributed by atoms with E-state index in [-0.39, 0.29) is 17.9 Å². The molecular weight excluding hydrogens is 554 g/mol. The Balaban J connectivity index is 0.000000186. The third kappa shape index (κ3) is 8.43. The monoisotopic (exact) mass is 584 g/mol. The van der Waals surface area contributed by atoms with E-state index in [0.29, 0.717) is 20.1 Å². The van der Waals surface area contributed by atoms with Crippen molar-refractivity contribution in [2.24, 2.45) is 5.92 Å². The average molecular weight is 586 g/mol. The molecule has 2 aliphatic heterocycles. The van der Waals surface area contributed by atoms with Crippen molar-refractivity contribution in [3.05, 3.63) is 68.6 Å². The molecule has 9 heteroatoms. The maximum atomic E-state index is 12.4. The van der Waals surface area contributed by atoms with Gasteiger partial charge in [0, 0.05) is 57.1 Å². The van der Waals surface area contributed by atoms with Crippen LogP contribution in [0, 0.1) is 5.92 Å². The molecule has 0 bridgehead atoms. The third-order valence-electron chi connectivity index (χ3n) is 6.75. The summed E-state index contributed by atoms with van der Waals surface area (Å²) in [5.74, 6) is 1.94. The fraction of sp³-hybridized carbons (Fsp3) is 0.464. The van der Waals surface area contributed by atoms with Gasteiger partial charge in [0.05, 0.1) is 20.1 Å². The van der Waals surface area contributed by atoms with Crippen molar-refractivity contribution in [1.82, 2.24) is 9.96 Å². The standard InChI is InChI=1S/C17H19Cl2NO2.C11H13Cl2NO/c18-15-6-5-14(11-16(15)19)22-13-7-9-20(10-8-13)17(21)12-3-1-2-4-12;12-10-5-4-9(8-11(10)13)15-14-6-2-1-3-7-14/h1-2,5-6,11-13H,3-4,7-10H2;4-5,8H,1-3,6-7H2. The molecule has 0 aromatic heterocycles. The van der Waals surface area contributed by atoms with Gasteiger partial charge in [0.2, 0.25) is 5.91 Å². The number of ether oxygens (including phenoxy) is 1. The van der Waals surface area contributed by atoms with Gasteiger partial charge in [-0.05, 0) is 49.9 Å². The molecule has 0 atom stereocenters. The number of benzene rings is 2. The van der Waals surface area contributed by atoms with Crippen LogP contribution in [-0.4, -0.2) is 48.2 Å². The van der Waals surface area contributed by atoms with E-state index in [1.54, 1.807) is 24.3 Å². The van der Waals surface area contributed by atoms with E-state index in [9.17, 15) is 4.79 Å². The Morgan fingerprint density at radius 3 is 1.89 bits per heavy atom. The number of rotatable bonds is 5. The molecule has 2 fully saturated rings. The summed E-state index contributed by atoms with van der Waals surface area (Å²) in [6.45, 7) is 3.50. The SMILES string of the molecule is Clc1ccc(ON2CCCCC2)cc1Cl.O=C(C1CC=CC1)N1CCC(Oc2ccc(Cl)c(Cl)c2)CC1. The molecule has 2 saturated heterocycles. The second-order valence-electron chi connectivity index (χ2n) is 9.52. The summed E-state index contributed by atoms with van der Waals surface area (Å²) >= 11 is 23.6. The highest BCUT2D eigenvalue weighted by atomic mass is 35.5. The Morgan fingerprint density at radius 1 is 0.730 bits per heavy atom. The van der Waals surface area contributed by atoms with Crippen LogP contribution in [-0.2, 0) is 4.79 Å². The van der Waals surface area contributed by atoms with Crippen LogP contribution < -0.4 is 9.57 Å². The molecule has 0 N–H and O–H groups in total. The van der Waals surface area contributed by atoms with Gasteiger partial charge in [-0.2, -0.15) is 0 Å². The molecule has 0 unspecified atom stereocenters. The zero-order chi connectivity index (χ0) is 26.2. The summed E-state index contributed by atoms with van der Waals surface area (Å²) in [6, 6.07) is 10.6. The lowest BCUT2D eigenvalue weighted by Gasteiger charge is -2.33. The number of likely N-dealkylation sites (tertiary alicyclic amines) is 1. The van der Waals surface area contributed by atoms with Crippen molar-refractivity contribution in [3.63, 3.8) is 0 Å². The molecule has 1 amide bonds. The van der Waals surface area contributed by atoms with Crippen LogP contribution >= 0.6 is 46.4 Å².